The smallest absolute Gasteiger partial charge is 0.264 e. The summed E-state index contributed by atoms with van der Waals surface area (Å²) in [7, 11) is 0. The molecule has 0 saturated heterocycles. The van der Waals surface area contributed by atoms with Crippen molar-refractivity contribution >= 4 is 40.3 Å². The average Bonchev–Trinajstić information content (AvgIpc) is 3.26. The van der Waals surface area contributed by atoms with Crippen molar-refractivity contribution in [2.75, 3.05) is 4.90 Å². The van der Waals surface area contributed by atoms with Crippen LogP contribution in [0.15, 0.2) is 66.0 Å². The van der Waals surface area contributed by atoms with Crippen LogP contribution in [0, 0.1) is 0 Å². The largest absolute Gasteiger partial charge is 0.375 e. The van der Waals surface area contributed by atoms with Gasteiger partial charge < -0.3 is 10.0 Å². The van der Waals surface area contributed by atoms with E-state index in [0.717, 1.165) is 5.56 Å². The van der Waals surface area contributed by atoms with Crippen molar-refractivity contribution in [1.82, 2.24) is 0 Å². The molecule has 2 aromatic carbocycles. The van der Waals surface area contributed by atoms with Crippen molar-refractivity contribution in [3.63, 3.8) is 0 Å². The van der Waals surface area contributed by atoms with Crippen LogP contribution < -0.4 is 4.90 Å². The second-order valence-electron chi connectivity index (χ2n) is 6.48. The minimum absolute atomic E-state index is 0.270. The van der Waals surface area contributed by atoms with E-state index in [1.54, 1.807) is 35.7 Å². The van der Waals surface area contributed by atoms with Crippen LogP contribution in [0.3, 0.4) is 0 Å². The highest BCUT2D eigenvalue weighted by atomic mass is 35.5. The van der Waals surface area contributed by atoms with Crippen LogP contribution in [0.5, 0.6) is 0 Å². The molecule has 0 spiro atoms. The molecule has 0 radical (unpaired) electrons. The average molecular weight is 398 g/mol. The fourth-order valence-corrected chi connectivity index (χ4v) is 4.21. The number of anilines is 1. The summed E-state index contributed by atoms with van der Waals surface area (Å²) in [6, 6.07) is 17.9. The van der Waals surface area contributed by atoms with Crippen molar-refractivity contribution < 1.29 is 14.7 Å². The fraction of sp³-hybridized carbons (Fsp3) is 0.143. The molecule has 1 aliphatic heterocycles. The number of hydrogen-bond acceptors (Lipinski definition) is 4. The third-order valence-corrected chi connectivity index (χ3v) is 5.84. The first-order chi connectivity index (χ1) is 13.0. The number of hydrogen-bond donors (Lipinski definition) is 1. The number of halogens is 1. The van der Waals surface area contributed by atoms with Gasteiger partial charge in [-0.2, -0.15) is 0 Å². The minimum atomic E-state index is -1.92. The highest BCUT2D eigenvalue weighted by molar-refractivity contribution is 7.12. The summed E-state index contributed by atoms with van der Waals surface area (Å²) in [6.07, 6.45) is -0.315. The molecule has 1 N–H and O–H groups in total. The van der Waals surface area contributed by atoms with Gasteiger partial charge >= 0.3 is 0 Å². The Labute approximate surface area is 165 Å². The molecule has 27 heavy (non-hydrogen) atoms. The Morgan fingerprint density at radius 2 is 1.89 bits per heavy atom. The molecule has 3 aromatic rings. The molecule has 4 nitrogen and oxygen atoms in total. The summed E-state index contributed by atoms with van der Waals surface area (Å²) in [6.45, 7) is 0.309. The van der Waals surface area contributed by atoms with E-state index in [1.807, 2.05) is 30.3 Å². The lowest BCUT2D eigenvalue weighted by Crippen LogP contribution is -2.41. The quantitative estimate of drug-likeness (QED) is 0.649. The van der Waals surface area contributed by atoms with Gasteiger partial charge in [0, 0.05) is 10.6 Å². The van der Waals surface area contributed by atoms with E-state index in [4.69, 9.17) is 11.6 Å². The van der Waals surface area contributed by atoms with Gasteiger partial charge in [0.1, 0.15) is 0 Å². The number of carbonyl (C=O) groups excluding carboxylic acids is 2. The number of carbonyl (C=O) groups is 2. The first-order valence-electron chi connectivity index (χ1n) is 8.44. The van der Waals surface area contributed by atoms with Crippen LogP contribution in [0.25, 0.3) is 0 Å². The fourth-order valence-electron chi connectivity index (χ4n) is 3.37. The van der Waals surface area contributed by atoms with E-state index in [2.05, 4.69) is 0 Å². The topological polar surface area (TPSA) is 57.6 Å². The Hall–Kier alpha value is -2.47. The monoisotopic (exact) mass is 397 g/mol. The highest BCUT2D eigenvalue weighted by Gasteiger charge is 2.51. The first-order valence-corrected chi connectivity index (χ1v) is 9.70. The standard InChI is InChI=1S/C21H16ClNO3S/c22-15-8-9-17-16(11-15)21(26,12-18(24)19-7-4-10-27-19)20(25)23(17)13-14-5-2-1-3-6-14/h1-11,26H,12-13H2. The normalized spacial score (nSPS) is 18.6. The summed E-state index contributed by atoms with van der Waals surface area (Å²) >= 11 is 7.41. The molecule has 1 unspecified atom stereocenters. The zero-order chi connectivity index (χ0) is 19.0. The van der Waals surface area contributed by atoms with E-state index in [-0.39, 0.29) is 12.2 Å². The molecule has 0 aliphatic carbocycles. The molecule has 0 saturated carbocycles. The van der Waals surface area contributed by atoms with Gasteiger partial charge in [-0.25, -0.2) is 0 Å². The maximum Gasteiger partial charge on any atom is 0.264 e. The minimum Gasteiger partial charge on any atom is -0.375 e. The van der Waals surface area contributed by atoms with E-state index in [1.165, 1.54) is 16.2 Å². The Morgan fingerprint density at radius 1 is 1.11 bits per heavy atom. The number of amides is 1. The van der Waals surface area contributed by atoms with E-state index in [0.29, 0.717) is 27.7 Å². The Morgan fingerprint density at radius 3 is 2.59 bits per heavy atom. The number of ketones is 1. The van der Waals surface area contributed by atoms with Gasteiger partial charge in [-0.1, -0.05) is 48.0 Å². The van der Waals surface area contributed by atoms with Crippen molar-refractivity contribution in [1.29, 1.82) is 0 Å². The molecule has 0 bridgehead atoms. The predicted octanol–water partition coefficient (Wildman–Crippen LogP) is 4.41. The van der Waals surface area contributed by atoms with Crippen LogP contribution in [0.2, 0.25) is 5.02 Å². The van der Waals surface area contributed by atoms with E-state index >= 15 is 0 Å². The number of aliphatic hydroxyl groups is 1. The van der Waals surface area contributed by atoms with Crippen LogP contribution in [0.1, 0.15) is 27.2 Å². The second kappa shape index (κ2) is 6.93. The Bertz CT molecular complexity index is 1000. The van der Waals surface area contributed by atoms with Crippen LogP contribution in [0.4, 0.5) is 5.69 Å². The summed E-state index contributed by atoms with van der Waals surface area (Å²) in [5, 5.41) is 13.5. The second-order valence-corrected chi connectivity index (χ2v) is 7.86. The molecule has 4 rings (SSSR count). The number of nitrogens with zero attached hydrogens (tertiary/aromatic N) is 1. The molecule has 0 fully saturated rings. The van der Waals surface area contributed by atoms with E-state index < -0.39 is 11.5 Å². The Balaban J connectivity index is 1.73. The number of Topliss-reactive ketones (excluding diaryl/α,β-unsaturated/α-hetero) is 1. The van der Waals surface area contributed by atoms with Crippen LogP contribution in [-0.4, -0.2) is 16.8 Å². The van der Waals surface area contributed by atoms with Crippen LogP contribution in [-0.2, 0) is 16.9 Å². The number of fused-ring (bicyclic) bond motifs is 1. The third kappa shape index (κ3) is 3.18. The lowest BCUT2D eigenvalue weighted by atomic mass is 9.89. The first kappa shape index (κ1) is 17.9. The lowest BCUT2D eigenvalue weighted by Gasteiger charge is -2.22. The Kier molecular flexibility index (Phi) is 4.60. The van der Waals surface area contributed by atoms with Crippen LogP contribution >= 0.6 is 22.9 Å². The molecule has 2 heterocycles. The lowest BCUT2D eigenvalue weighted by molar-refractivity contribution is -0.136. The molecular formula is C21H16ClNO3S. The SMILES string of the molecule is O=C(CC1(O)C(=O)N(Cc2ccccc2)c2ccc(Cl)cc21)c1cccs1. The molecule has 6 heteroatoms. The zero-order valence-electron chi connectivity index (χ0n) is 14.3. The molecule has 1 aliphatic rings. The van der Waals surface area contributed by atoms with Crippen molar-refractivity contribution in [2.24, 2.45) is 0 Å². The van der Waals surface area contributed by atoms with E-state index in [9.17, 15) is 14.7 Å². The number of benzene rings is 2. The predicted molar refractivity (Wildman–Crippen MR) is 106 cm³/mol. The zero-order valence-corrected chi connectivity index (χ0v) is 15.8. The molecule has 1 aromatic heterocycles. The summed E-state index contributed by atoms with van der Waals surface area (Å²) in [4.78, 5) is 27.8. The molecule has 136 valence electrons. The maximum absolute atomic E-state index is 13.2. The third-order valence-electron chi connectivity index (χ3n) is 4.69. The van der Waals surface area contributed by atoms with Gasteiger partial charge in [0.2, 0.25) is 0 Å². The molecule has 1 amide bonds. The van der Waals surface area contributed by atoms with Gasteiger partial charge in [-0.15, -0.1) is 11.3 Å². The maximum atomic E-state index is 13.2. The highest BCUT2D eigenvalue weighted by Crippen LogP contribution is 2.44. The summed E-state index contributed by atoms with van der Waals surface area (Å²) in [5.41, 5.74) is -0.0352. The number of thiophene rings is 1. The molecule has 1 atom stereocenters. The summed E-state index contributed by atoms with van der Waals surface area (Å²) in [5.74, 6) is -0.776. The number of rotatable bonds is 5. The van der Waals surface area contributed by atoms with Crippen molar-refractivity contribution in [3.05, 3.63) is 87.1 Å². The summed E-state index contributed by atoms with van der Waals surface area (Å²) < 4.78 is 0. The van der Waals surface area contributed by atoms with Crippen molar-refractivity contribution in [2.45, 2.75) is 18.6 Å². The van der Waals surface area contributed by atoms with Gasteiger partial charge in [-0.3, -0.25) is 9.59 Å². The van der Waals surface area contributed by atoms with Gasteiger partial charge in [-0.05, 0) is 35.2 Å². The van der Waals surface area contributed by atoms with Gasteiger partial charge in [0.05, 0.1) is 23.5 Å². The molecular weight excluding hydrogens is 382 g/mol. The van der Waals surface area contributed by atoms with Gasteiger partial charge in [0.25, 0.3) is 5.91 Å². The van der Waals surface area contributed by atoms with Crippen molar-refractivity contribution in [3.8, 4) is 0 Å². The van der Waals surface area contributed by atoms with Gasteiger partial charge in [0.15, 0.2) is 11.4 Å².